The minimum absolute atomic E-state index is 0.316. The van der Waals surface area contributed by atoms with E-state index in [2.05, 4.69) is 25.9 Å². The molecule has 0 bridgehead atoms. The Morgan fingerprint density at radius 2 is 2.00 bits per heavy atom. The van der Waals surface area contributed by atoms with Gasteiger partial charge < -0.3 is 5.73 Å². The van der Waals surface area contributed by atoms with Gasteiger partial charge in [0.25, 0.3) is 0 Å². The molecule has 0 saturated heterocycles. The quantitative estimate of drug-likeness (QED) is 0.864. The molecular formula is C10H7BrFN3. The number of nitrogens with zero attached hydrogens (tertiary/aromatic N) is 2. The number of hydrogen-bond acceptors (Lipinski definition) is 3. The van der Waals surface area contributed by atoms with E-state index in [1.165, 1.54) is 18.5 Å². The number of nitrogens with two attached hydrogens (primary N) is 1. The van der Waals surface area contributed by atoms with E-state index in [0.717, 1.165) is 0 Å². The van der Waals surface area contributed by atoms with Crippen molar-refractivity contribution < 1.29 is 4.39 Å². The standard InChI is InChI=1S/C10H7BrFN3/c11-6-1-2-7(8(12)3-6)9-4-15-10(13)5-14-9/h1-5H,(H2,13,15). The van der Waals surface area contributed by atoms with Gasteiger partial charge in [-0.05, 0) is 18.2 Å². The first-order valence-corrected chi connectivity index (χ1v) is 4.99. The fraction of sp³-hybridized carbons (Fsp3) is 0. The van der Waals surface area contributed by atoms with Crippen LogP contribution in [0.1, 0.15) is 0 Å². The minimum atomic E-state index is -0.344. The molecule has 0 aliphatic heterocycles. The summed E-state index contributed by atoms with van der Waals surface area (Å²) in [6.45, 7) is 0. The normalized spacial score (nSPS) is 10.3. The molecule has 2 N–H and O–H groups in total. The van der Waals surface area contributed by atoms with Crippen LogP contribution in [0.2, 0.25) is 0 Å². The van der Waals surface area contributed by atoms with Gasteiger partial charge in [-0.15, -0.1) is 0 Å². The fourth-order valence-corrected chi connectivity index (χ4v) is 1.51. The summed E-state index contributed by atoms with van der Waals surface area (Å²) in [6.07, 6.45) is 2.85. The maximum atomic E-state index is 13.5. The molecule has 2 rings (SSSR count). The van der Waals surface area contributed by atoms with Crippen molar-refractivity contribution in [1.82, 2.24) is 9.97 Å². The minimum Gasteiger partial charge on any atom is -0.382 e. The van der Waals surface area contributed by atoms with Gasteiger partial charge in [0.2, 0.25) is 0 Å². The highest BCUT2D eigenvalue weighted by Gasteiger charge is 2.06. The second kappa shape index (κ2) is 3.94. The van der Waals surface area contributed by atoms with Crippen LogP contribution in [0.15, 0.2) is 35.1 Å². The molecule has 0 radical (unpaired) electrons. The Labute approximate surface area is 94.3 Å². The molecule has 0 aliphatic carbocycles. The lowest BCUT2D eigenvalue weighted by Gasteiger charge is -2.02. The summed E-state index contributed by atoms with van der Waals surface area (Å²) in [7, 11) is 0. The van der Waals surface area contributed by atoms with Gasteiger partial charge >= 0.3 is 0 Å². The summed E-state index contributed by atoms with van der Waals surface area (Å²) in [5.41, 5.74) is 6.27. The van der Waals surface area contributed by atoms with E-state index in [-0.39, 0.29) is 5.82 Å². The molecule has 0 unspecified atom stereocenters. The summed E-state index contributed by atoms with van der Waals surface area (Å²) < 4.78 is 14.2. The molecule has 0 atom stereocenters. The summed E-state index contributed by atoms with van der Waals surface area (Å²) in [6, 6.07) is 4.77. The van der Waals surface area contributed by atoms with Gasteiger partial charge in [-0.3, -0.25) is 4.98 Å². The van der Waals surface area contributed by atoms with Crippen molar-refractivity contribution in [2.75, 3.05) is 5.73 Å². The van der Waals surface area contributed by atoms with Gasteiger partial charge in [0, 0.05) is 10.0 Å². The predicted octanol–water partition coefficient (Wildman–Crippen LogP) is 2.63. The Morgan fingerprint density at radius 1 is 1.20 bits per heavy atom. The van der Waals surface area contributed by atoms with Crippen molar-refractivity contribution >= 4 is 21.7 Å². The maximum absolute atomic E-state index is 13.5. The van der Waals surface area contributed by atoms with Crippen molar-refractivity contribution in [3.63, 3.8) is 0 Å². The lowest BCUT2D eigenvalue weighted by molar-refractivity contribution is 0.630. The van der Waals surface area contributed by atoms with E-state index in [0.29, 0.717) is 21.5 Å². The zero-order valence-corrected chi connectivity index (χ0v) is 9.20. The molecule has 0 amide bonds. The lowest BCUT2D eigenvalue weighted by Crippen LogP contribution is -1.93. The number of nitrogen functional groups attached to an aromatic ring is 1. The van der Waals surface area contributed by atoms with Crippen LogP contribution in [0.5, 0.6) is 0 Å². The highest BCUT2D eigenvalue weighted by Crippen LogP contribution is 2.23. The Morgan fingerprint density at radius 3 is 2.60 bits per heavy atom. The first kappa shape index (κ1) is 10.0. The van der Waals surface area contributed by atoms with Gasteiger partial charge in [0.15, 0.2) is 0 Å². The van der Waals surface area contributed by atoms with Crippen molar-refractivity contribution in [3.8, 4) is 11.3 Å². The molecule has 0 fully saturated rings. The Balaban J connectivity index is 2.49. The van der Waals surface area contributed by atoms with E-state index >= 15 is 0 Å². The van der Waals surface area contributed by atoms with E-state index < -0.39 is 0 Å². The maximum Gasteiger partial charge on any atom is 0.141 e. The topological polar surface area (TPSA) is 51.8 Å². The van der Waals surface area contributed by atoms with Crippen LogP contribution in [-0.2, 0) is 0 Å². The number of anilines is 1. The monoisotopic (exact) mass is 267 g/mol. The SMILES string of the molecule is Nc1cnc(-c2ccc(Br)cc2F)cn1. The molecule has 5 heteroatoms. The largest absolute Gasteiger partial charge is 0.382 e. The van der Waals surface area contributed by atoms with Crippen LogP contribution < -0.4 is 5.73 Å². The van der Waals surface area contributed by atoms with Crippen LogP contribution >= 0.6 is 15.9 Å². The zero-order valence-electron chi connectivity index (χ0n) is 7.61. The molecule has 3 nitrogen and oxygen atoms in total. The van der Waals surface area contributed by atoms with E-state index in [9.17, 15) is 4.39 Å². The molecule has 1 heterocycles. The molecule has 1 aromatic carbocycles. The van der Waals surface area contributed by atoms with Crippen LogP contribution in [0.3, 0.4) is 0 Å². The zero-order chi connectivity index (χ0) is 10.8. The van der Waals surface area contributed by atoms with Crippen molar-refractivity contribution in [1.29, 1.82) is 0 Å². The third kappa shape index (κ3) is 2.12. The number of aromatic nitrogens is 2. The number of halogens is 2. The van der Waals surface area contributed by atoms with Crippen LogP contribution in [0.25, 0.3) is 11.3 Å². The predicted molar refractivity (Wildman–Crippen MR) is 59.5 cm³/mol. The van der Waals surface area contributed by atoms with Gasteiger partial charge in [-0.1, -0.05) is 15.9 Å². The van der Waals surface area contributed by atoms with Crippen molar-refractivity contribution in [3.05, 3.63) is 40.9 Å². The van der Waals surface area contributed by atoms with Crippen molar-refractivity contribution in [2.24, 2.45) is 0 Å². The van der Waals surface area contributed by atoms with E-state index in [1.807, 2.05) is 0 Å². The number of hydrogen-bond donors (Lipinski definition) is 1. The first-order chi connectivity index (χ1) is 7.16. The molecule has 76 valence electrons. The second-order valence-corrected chi connectivity index (χ2v) is 3.87. The Hall–Kier alpha value is -1.49. The summed E-state index contributed by atoms with van der Waals surface area (Å²) in [5, 5.41) is 0. The summed E-state index contributed by atoms with van der Waals surface area (Å²) >= 11 is 3.18. The lowest BCUT2D eigenvalue weighted by atomic mass is 10.1. The van der Waals surface area contributed by atoms with Crippen LogP contribution in [0, 0.1) is 5.82 Å². The smallest absolute Gasteiger partial charge is 0.141 e. The van der Waals surface area contributed by atoms with Gasteiger partial charge in [-0.2, -0.15) is 0 Å². The molecule has 1 aromatic heterocycles. The summed E-state index contributed by atoms with van der Waals surface area (Å²) in [5.74, 6) is -0.0280. The third-order valence-corrected chi connectivity index (χ3v) is 2.37. The molecule has 0 spiro atoms. The third-order valence-electron chi connectivity index (χ3n) is 1.88. The Kier molecular flexibility index (Phi) is 2.64. The molecule has 15 heavy (non-hydrogen) atoms. The second-order valence-electron chi connectivity index (χ2n) is 2.95. The molecule has 2 aromatic rings. The average Bonchev–Trinajstić information content (AvgIpc) is 2.20. The van der Waals surface area contributed by atoms with Crippen LogP contribution in [0.4, 0.5) is 10.2 Å². The highest BCUT2D eigenvalue weighted by atomic mass is 79.9. The summed E-state index contributed by atoms with van der Waals surface area (Å²) in [4.78, 5) is 7.85. The van der Waals surface area contributed by atoms with E-state index in [4.69, 9.17) is 5.73 Å². The van der Waals surface area contributed by atoms with Gasteiger partial charge in [0.05, 0.1) is 18.1 Å². The van der Waals surface area contributed by atoms with E-state index in [1.54, 1.807) is 12.1 Å². The van der Waals surface area contributed by atoms with Crippen LogP contribution in [-0.4, -0.2) is 9.97 Å². The number of rotatable bonds is 1. The Bertz CT molecular complexity index is 485. The molecule has 0 saturated carbocycles. The molecule has 0 aliphatic rings. The van der Waals surface area contributed by atoms with Crippen molar-refractivity contribution in [2.45, 2.75) is 0 Å². The van der Waals surface area contributed by atoms with Gasteiger partial charge in [0.1, 0.15) is 11.6 Å². The first-order valence-electron chi connectivity index (χ1n) is 4.20. The van der Waals surface area contributed by atoms with Gasteiger partial charge in [-0.25, -0.2) is 9.37 Å². The fourth-order valence-electron chi connectivity index (χ4n) is 1.17. The highest BCUT2D eigenvalue weighted by molar-refractivity contribution is 9.10. The number of benzene rings is 1. The molecular weight excluding hydrogens is 261 g/mol. The average molecular weight is 268 g/mol.